The highest BCUT2D eigenvalue weighted by atomic mass is 35.5. The third-order valence-corrected chi connectivity index (χ3v) is 4.36. The van der Waals surface area contributed by atoms with Gasteiger partial charge in [0.15, 0.2) is 0 Å². The molecule has 21 heavy (non-hydrogen) atoms. The Kier molecular flexibility index (Phi) is 3.47. The maximum absolute atomic E-state index is 12.3. The lowest BCUT2D eigenvalue weighted by molar-refractivity contribution is -0.0850. The van der Waals surface area contributed by atoms with Crippen molar-refractivity contribution in [1.29, 1.82) is 0 Å². The Morgan fingerprint density at radius 3 is 2.62 bits per heavy atom. The van der Waals surface area contributed by atoms with E-state index in [0.717, 1.165) is 19.3 Å². The van der Waals surface area contributed by atoms with Crippen LogP contribution >= 0.6 is 11.6 Å². The third-order valence-electron chi connectivity index (χ3n) is 4.03. The number of aromatic hydroxyl groups is 1. The molecule has 1 saturated carbocycles. The predicted octanol–water partition coefficient (Wildman–Crippen LogP) is 2.82. The highest BCUT2D eigenvalue weighted by Crippen LogP contribution is 2.43. The standard InChI is InChI=1S/C15H15ClN2O3/c1-21-15(7-4-8-15)14-17-12(19)11(13(20)18-14)9-5-2-3-6-10(9)16/h2-3,5-6H,4,7-8H2,1H3,(H2,17,18,19,20). The van der Waals surface area contributed by atoms with Gasteiger partial charge >= 0.3 is 0 Å². The Morgan fingerprint density at radius 1 is 1.38 bits per heavy atom. The van der Waals surface area contributed by atoms with Gasteiger partial charge in [-0.15, -0.1) is 0 Å². The molecule has 3 rings (SSSR count). The normalized spacial score (nSPS) is 16.5. The molecule has 0 spiro atoms. The fourth-order valence-electron chi connectivity index (χ4n) is 2.62. The zero-order valence-corrected chi connectivity index (χ0v) is 12.3. The summed E-state index contributed by atoms with van der Waals surface area (Å²) in [7, 11) is 1.58. The smallest absolute Gasteiger partial charge is 0.262 e. The van der Waals surface area contributed by atoms with Gasteiger partial charge in [0.25, 0.3) is 5.56 Å². The molecule has 0 radical (unpaired) electrons. The Morgan fingerprint density at radius 2 is 2.10 bits per heavy atom. The quantitative estimate of drug-likeness (QED) is 0.914. The molecule has 0 bridgehead atoms. The van der Waals surface area contributed by atoms with Gasteiger partial charge in [0.1, 0.15) is 17.0 Å². The van der Waals surface area contributed by atoms with E-state index in [1.807, 2.05) is 0 Å². The Labute approximate surface area is 126 Å². The van der Waals surface area contributed by atoms with E-state index in [2.05, 4.69) is 9.97 Å². The monoisotopic (exact) mass is 306 g/mol. The van der Waals surface area contributed by atoms with Crippen molar-refractivity contribution >= 4 is 11.6 Å². The number of nitrogens with zero attached hydrogens (tertiary/aromatic N) is 1. The van der Waals surface area contributed by atoms with Crippen LogP contribution in [0.1, 0.15) is 25.1 Å². The van der Waals surface area contributed by atoms with Crippen LogP contribution in [0.3, 0.4) is 0 Å². The van der Waals surface area contributed by atoms with Gasteiger partial charge in [-0.2, -0.15) is 4.98 Å². The lowest BCUT2D eigenvalue weighted by Crippen LogP contribution is -2.39. The zero-order chi connectivity index (χ0) is 15.0. The lowest BCUT2D eigenvalue weighted by Gasteiger charge is -2.39. The van der Waals surface area contributed by atoms with Gasteiger partial charge in [0, 0.05) is 17.7 Å². The molecule has 1 heterocycles. The molecule has 0 aliphatic heterocycles. The highest BCUT2D eigenvalue weighted by molar-refractivity contribution is 6.33. The number of hydrogen-bond acceptors (Lipinski definition) is 4. The molecule has 1 aromatic carbocycles. The zero-order valence-electron chi connectivity index (χ0n) is 11.5. The van der Waals surface area contributed by atoms with E-state index in [-0.39, 0.29) is 11.4 Å². The van der Waals surface area contributed by atoms with Crippen molar-refractivity contribution in [1.82, 2.24) is 9.97 Å². The van der Waals surface area contributed by atoms with Crippen LogP contribution < -0.4 is 5.56 Å². The number of rotatable bonds is 3. The molecule has 2 N–H and O–H groups in total. The third kappa shape index (κ3) is 2.22. The van der Waals surface area contributed by atoms with E-state index >= 15 is 0 Å². The number of nitrogens with one attached hydrogen (secondary N) is 1. The summed E-state index contributed by atoms with van der Waals surface area (Å²) < 4.78 is 5.47. The first-order valence-corrected chi connectivity index (χ1v) is 7.09. The summed E-state index contributed by atoms with van der Waals surface area (Å²) in [5, 5.41) is 10.6. The Bertz CT molecular complexity index is 732. The number of H-pyrrole nitrogens is 1. The second-order valence-electron chi connectivity index (χ2n) is 5.14. The SMILES string of the molecule is COC1(c2nc(O)c(-c3ccccc3Cl)c(=O)[nH]2)CCC1. The summed E-state index contributed by atoms with van der Waals surface area (Å²) >= 11 is 6.08. The minimum atomic E-state index is -0.588. The van der Waals surface area contributed by atoms with Gasteiger partial charge in [0.05, 0.1) is 0 Å². The fourth-order valence-corrected chi connectivity index (χ4v) is 2.85. The van der Waals surface area contributed by atoms with Crippen LogP contribution in [0.25, 0.3) is 11.1 Å². The molecular formula is C15H15ClN2O3. The van der Waals surface area contributed by atoms with Crippen molar-refractivity contribution in [2.75, 3.05) is 7.11 Å². The van der Waals surface area contributed by atoms with Gasteiger partial charge < -0.3 is 14.8 Å². The van der Waals surface area contributed by atoms with Gasteiger partial charge in [0.2, 0.25) is 5.88 Å². The van der Waals surface area contributed by atoms with E-state index in [0.29, 0.717) is 16.4 Å². The second kappa shape index (κ2) is 5.16. The molecule has 1 fully saturated rings. The van der Waals surface area contributed by atoms with E-state index in [9.17, 15) is 9.90 Å². The van der Waals surface area contributed by atoms with Crippen molar-refractivity contribution in [3.63, 3.8) is 0 Å². The van der Waals surface area contributed by atoms with Crippen molar-refractivity contribution in [2.24, 2.45) is 0 Å². The summed E-state index contributed by atoms with van der Waals surface area (Å²) in [5.74, 6) is 0.0414. The molecule has 2 aromatic rings. The number of methoxy groups -OCH3 is 1. The number of ether oxygens (including phenoxy) is 1. The van der Waals surface area contributed by atoms with Gasteiger partial charge in [-0.1, -0.05) is 29.8 Å². The van der Waals surface area contributed by atoms with Crippen LogP contribution in [0.15, 0.2) is 29.1 Å². The second-order valence-corrected chi connectivity index (χ2v) is 5.55. The molecule has 6 heteroatoms. The molecule has 0 atom stereocenters. The van der Waals surface area contributed by atoms with E-state index in [1.165, 1.54) is 0 Å². The molecular weight excluding hydrogens is 292 g/mol. The van der Waals surface area contributed by atoms with E-state index in [4.69, 9.17) is 16.3 Å². The van der Waals surface area contributed by atoms with E-state index < -0.39 is 11.2 Å². The minimum absolute atomic E-state index is 0.0786. The van der Waals surface area contributed by atoms with Crippen LogP contribution in [0.4, 0.5) is 0 Å². The highest BCUT2D eigenvalue weighted by Gasteiger charge is 2.42. The van der Waals surface area contributed by atoms with Crippen LogP contribution in [0.5, 0.6) is 5.88 Å². The number of aromatic amines is 1. The Balaban J connectivity index is 2.14. The molecule has 1 aromatic heterocycles. The topological polar surface area (TPSA) is 75.2 Å². The minimum Gasteiger partial charge on any atom is -0.493 e. The first-order chi connectivity index (χ1) is 10.1. The summed E-state index contributed by atoms with van der Waals surface area (Å²) in [6.45, 7) is 0. The van der Waals surface area contributed by atoms with Crippen molar-refractivity contribution in [3.8, 4) is 17.0 Å². The van der Waals surface area contributed by atoms with Crippen molar-refractivity contribution in [2.45, 2.75) is 24.9 Å². The largest absolute Gasteiger partial charge is 0.493 e. The molecule has 1 aliphatic carbocycles. The first kappa shape index (κ1) is 14.1. The predicted molar refractivity (Wildman–Crippen MR) is 79.5 cm³/mol. The summed E-state index contributed by atoms with van der Waals surface area (Å²) in [4.78, 5) is 19.2. The van der Waals surface area contributed by atoms with Crippen LogP contribution in [-0.4, -0.2) is 22.2 Å². The molecule has 1 aliphatic rings. The number of aromatic nitrogens is 2. The van der Waals surface area contributed by atoms with Gasteiger partial charge in [-0.3, -0.25) is 4.79 Å². The summed E-state index contributed by atoms with van der Waals surface area (Å²) in [5.41, 5.74) is -0.476. The molecule has 0 amide bonds. The summed E-state index contributed by atoms with van der Waals surface area (Å²) in [6, 6.07) is 6.83. The van der Waals surface area contributed by atoms with Gasteiger partial charge in [-0.25, -0.2) is 0 Å². The van der Waals surface area contributed by atoms with Crippen LogP contribution in [0.2, 0.25) is 5.02 Å². The van der Waals surface area contributed by atoms with Crippen LogP contribution in [-0.2, 0) is 10.3 Å². The molecule has 0 saturated heterocycles. The first-order valence-electron chi connectivity index (χ1n) is 6.71. The lowest BCUT2D eigenvalue weighted by atomic mass is 9.79. The number of halogens is 1. The van der Waals surface area contributed by atoms with E-state index in [1.54, 1.807) is 31.4 Å². The molecule has 110 valence electrons. The Hall–Kier alpha value is -1.85. The fraction of sp³-hybridized carbons (Fsp3) is 0.333. The number of benzene rings is 1. The average molecular weight is 307 g/mol. The maximum Gasteiger partial charge on any atom is 0.262 e. The number of hydrogen-bond donors (Lipinski definition) is 2. The van der Waals surface area contributed by atoms with Gasteiger partial charge in [-0.05, 0) is 25.3 Å². The maximum atomic E-state index is 12.3. The molecule has 5 nitrogen and oxygen atoms in total. The average Bonchev–Trinajstić information content (AvgIpc) is 2.39. The van der Waals surface area contributed by atoms with Crippen LogP contribution in [0, 0.1) is 0 Å². The molecule has 0 unspecified atom stereocenters. The van der Waals surface area contributed by atoms with Crippen molar-refractivity contribution in [3.05, 3.63) is 45.5 Å². The summed E-state index contributed by atoms with van der Waals surface area (Å²) in [6.07, 6.45) is 2.55. The van der Waals surface area contributed by atoms with Crippen molar-refractivity contribution < 1.29 is 9.84 Å².